The van der Waals surface area contributed by atoms with Crippen molar-refractivity contribution in [1.82, 2.24) is 0 Å². The third kappa shape index (κ3) is 69.0. The van der Waals surface area contributed by atoms with Crippen LogP contribution in [0.5, 0.6) is 0 Å². The molecule has 490 valence electrons. The number of quaternary nitrogens is 1. The predicted octanol–water partition coefficient (Wildman–Crippen LogP) is 22.0. The summed E-state index contributed by atoms with van der Waals surface area (Å²) in [7, 11) is 1.15. The Morgan fingerprint density at radius 2 is 0.628 bits per heavy atom. The lowest BCUT2D eigenvalue weighted by Crippen LogP contribution is -2.37. The molecule has 0 bridgehead atoms. The fourth-order valence-corrected chi connectivity index (χ4v) is 9.86. The van der Waals surface area contributed by atoms with Gasteiger partial charge in [0, 0.05) is 12.8 Å². The normalized spacial score (nSPS) is 14.1. The van der Waals surface area contributed by atoms with Gasteiger partial charge in [0.25, 0.3) is 7.82 Å². The van der Waals surface area contributed by atoms with E-state index in [2.05, 4.69) is 160 Å². The van der Waals surface area contributed by atoms with Gasteiger partial charge in [-0.15, -0.1) is 0 Å². The first-order chi connectivity index (χ1) is 42.0. The molecular weight excluding hydrogens is 1090 g/mol. The number of hydrogen-bond donors (Lipinski definition) is 0. The minimum absolute atomic E-state index is 0.0378. The third-order valence-corrected chi connectivity index (χ3v) is 15.3. The molecule has 0 saturated heterocycles. The molecule has 9 nitrogen and oxygen atoms in total. The van der Waals surface area contributed by atoms with Gasteiger partial charge in [0.2, 0.25) is 0 Å². The highest BCUT2D eigenvalue weighted by Crippen LogP contribution is 2.38. The molecule has 10 heteroatoms. The van der Waals surface area contributed by atoms with Gasteiger partial charge in [-0.1, -0.05) is 288 Å². The lowest BCUT2D eigenvalue weighted by Gasteiger charge is -2.28. The molecule has 0 aliphatic rings. The second-order valence-corrected chi connectivity index (χ2v) is 25.2. The van der Waals surface area contributed by atoms with Gasteiger partial charge < -0.3 is 27.9 Å². The Bertz CT molecular complexity index is 1960. The molecule has 0 heterocycles. The van der Waals surface area contributed by atoms with Gasteiger partial charge in [-0.2, -0.15) is 0 Å². The number of unbranched alkanes of at least 4 members (excludes halogenated alkanes) is 24. The van der Waals surface area contributed by atoms with Gasteiger partial charge in [-0.3, -0.25) is 14.2 Å². The van der Waals surface area contributed by atoms with Crippen molar-refractivity contribution in [3.05, 3.63) is 146 Å². The number of ether oxygens (including phenoxy) is 2. The maximum absolute atomic E-state index is 12.9. The van der Waals surface area contributed by atoms with Crippen LogP contribution in [-0.2, 0) is 32.7 Å². The molecule has 0 radical (unpaired) electrons. The minimum Gasteiger partial charge on any atom is -0.756 e. The number of nitrogens with zero attached hydrogens (tertiary/aromatic N) is 1. The van der Waals surface area contributed by atoms with E-state index in [1.807, 2.05) is 21.1 Å². The quantitative estimate of drug-likeness (QED) is 0.0195. The molecule has 0 saturated carbocycles. The summed E-state index contributed by atoms with van der Waals surface area (Å²) in [6.45, 7) is 4.01. The SMILES string of the molecule is CC/C=C\C/C=C\C/C=C\C/C=C\C/C=C\C/C=C\CCCCCCCCCCCCCCC(=O)OCC(COP(=O)([O-])OCC[N+](C)(C)C)OC(=O)CCCCCCCCCCCCCC/C=C\C/C=C\C/C=C\C/C=C\C/C=C\C/C=C\CC. The van der Waals surface area contributed by atoms with E-state index >= 15 is 0 Å². The van der Waals surface area contributed by atoms with E-state index < -0.39 is 26.5 Å². The Kier molecular flexibility index (Phi) is 62.2. The first-order valence-corrected chi connectivity index (χ1v) is 36.0. The molecule has 0 aromatic rings. The zero-order valence-corrected chi connectivity index (χ0v) is 56.6. The molecule has 86 heavy (non-hydrogen) atoms. The van der Waals surface area contributed by atoms with Crippen molar-refractivity contribution >= 4 is 19.8 Å². The zero-order chi connectivity index (χ0) is 62.6. The summed E-state index contributed by atoms with van der Waals surface area (Å²) in [5, 5.41) is 0. The van der Waals surface area contributed by atoms with Crippen LogP contribution >= 0.6 is 7.82 Å². The lowest BCUT2D eigenvalue weighted by atomic mass is 10.0. The van der Waals surface area contributed by atoms with E-state index in [-0.39, 0.29) is 32.0 Å². The second-order valence-electron chi connectivity index (χ2n) is 23.8. The number of likely N-dealkylation sites (N-methyl/N-ethyl adjacent to an activating group) is 1. The van der Waals surface area contributed by atoms with Crippen LogP contribution in [0.1, 0.15) is 271 Å². The standard InChI is InChI=1S/C76H128NO8P/c1-6-8-10-12-14-16-18-20-22-24-26-28-30-32-34-36-38-40-42-44-46-48-50-52-54-56-58-60-62-64-66-68-75(78)82-72-74(73-84-86(80,81)83-71-70-77(3,4)5)85-76(79)69-67-65-63-61-59-57-55-53-51-49-47-45-43-41-39-37-35-33-31-29-27-25-23-21-19-17-15-13-11-9-7-2/h8-11,14-17,20-23,26-29,32-35,38-41,74H,6-7,12-13,18-19,24-25,30-31,36-37,42-73H2,1-5H3/b10-8-,11-9-,16-14-,17-15-,22-20-,23-21-,28-26-,29-27-,34-32-,35-33-,40-38-,41-39-. The highest BCUT2D eigenvalue weighted by Gasteiger charge is 2.22. The van der Waals surface area contributed by atoms with Crippen LogP contribution < -0.4 is 4.89 Å². The largest absolute Gasteiger partial charge is 0.756 e. The Hall–Kier alpha value is -4.11. The van der Waals surface area contributed by atoms with Crippen molar-refractivity contribution in [3.8, 4) is 0 Å². The summed E-state index contributed by atoms with van der Waals surface area (Å²) in [5.41, 5.74) is 0. The molecular formula is C76H128NO8P. The number of phosphoric ester groups is 1. The van der Waals surface area contributed by atoms with Crippen molar-refractivity contribution < 1.29 is 42.1 Å². The van der Waals surface area contributed by atoms with Gasteiger partial charge in [0.05, 0.1) is 27.7 Å². The first-order valence-electron chi connectivity index (χ1n) is 34.5. The summed E-state index contributed by atoms with van der Waals surface area (Å²) >= 11 is 0. The van der Waals surface area contributed by atoms with E-state index in [9.17, 15) is 19.0 Å². The maximum atomic E-state index is 12.9. The number of hydrogen-bond acceptors (Lipinski definition) is 8. The van der Waals surface area contributed by atoms with Crippen LogP contribution in [0, 0.1) is 0 Å². The van der Waals surface area contributed by atoms with Crippen molar-refractivity contribution in [2.45, 2.75) is 277 Å². The van der Waals surface area contributed by atoms with Gasteiger partial charge >= 0.3 is 11.9 Å². The molecule has 0 rings (SSSR count). The molecule has 0 aromatic carbocycles. The number of carbonyl (C=O) groups excluding carboxylic acids is 2. The number of esters is 2. The summed E-state index contributed by atoms with van der Waals surface area (Å²) in [6.07, 6.45) is 96.3. The number of phosphoric acid groups is 1. The van der Waals surface area contributed by atoms with Crippen molar-refractivity contribution in [3.63, 3.8) is 0 Å². The monoisotopic (exact) mass is 1210 g/mol. The third-order valence-electron chi connectivity index (χ3n) is 14.4. The molecule has 0 spiro atoms. The molecule has 0 amide bonds. The van der Waals surface area contributed by atoms with Crippen molar-refractivity contribution in [1.29, 1.82) is 0 Å². The fraction of sp³-hybridized carbons (Fsp3) is 0.658. The minimum atomic E-state index is -4.65. The number of carbonyl (C=O) groups is 2. The van der Waals surface area contributed by atoms with Gasteiger partial charge in [0.15, 0.2) is 6.10 Å². The molecule has 2 unspecified atom stereocenters. The van der Waals surface area contributed by atoms with Crippen molar-refractivity contribution in [2.75, 3.05) is 47.5 Å². The Labute approximate surface area is 529 Å². The average Bonchev–Trinajstić information content (AvgIpc) is 3.64. The molecule has 0 N–H and O–H groups in total. The Morgan fingerprint density at radius 3 is 0.930 bits per heavy atom. The van der Waals surface area contributed by atoms with Crippen LogP contribution in [0.2, 0.25) is 0 Å². The predicted molar refractivity (Wildman–Crippen MR) is 369 cm³/mol. The number of allylic oxidation sites excluding steroid dienone is 24. The van der Waals surface area contributed by atoms with Crippen LogP contribution in [0.4, 0.5) is 0 Å². The summed E-state index contributed by atoms with van der Waals surface area (Å²) in [6, 6.07) is 0. The number of rotatable bonds is 62. The summed E-state index contributed by atoms with van der Waals surface area (Å²) in [5.74, 6) is -0.841. The molecule has 0 aliphatic heterocycles. The van der Waals surface area contributed by atoms with Crippen LogP contribution in [0.25, 0.3) is 0 Å². The van der Waals surface area contributed by atoms with Crippen LogP contribution in [0.15, 0.2) is 146 Å². The molecule has 0 aliphatic carbocycles. The molecule has 0 fully saturated rings. The van der Waals surface area contributed by atoms with Gasteiger partial charge in [0.1, 0.15) is 19.8 Å². The van der Waals surface area contributed by atoms with Gasteiger partial charge in [-0.05, 0) is 116 Å². The smallest absolute Gasteiger partial charge is 0.306 e. The highest BCUT2D eigenvalue weighted by molar-refractivity contribution is 7.45. The van der Waals surface area contributed by atoms with Crippen LogP contribution in [0.3, 0.4) is 0 Å². The van der Waals surface area contributed by atoms with E-state index in [0.29, 0.717) is 17.4 Å². The van der Waals surface area contributed by atoms with E-state index in [4.69, 9.17) is 18.5 Å². The fourth-order valence-electron chi connectivity index (χ4n) is 9.14. The lowest BCUT2D eigenvalue weighted by molar-refractivity contribution is -0.870. The highest BCUT2D eigenvalue weighted by atomic mass is 31.2. The Morgan fingerprint density at radius 1 is 0.360 bits per heavy atom. The Balaban J connectivity index is 4.10. The molecule has 2 atom stereocenters. The maximum Gasteiger partial charge on any atom is 0.306 e. The van der Waals surface area contributed by atoms with E-state index in [1.54, 1.807) is 0 Å². The first kappa shape index (κ1) is 81.9. The van der Waals surface area contributed by atoms with Gasteiger partial charge in [-0.25, -0.2) is 0 Å². The zero-order valence-electron chi connectivity index (χ0n) is 55.7. The topological polar surface area (TPSA) is 111 Å². The summed E-state index contributed by atoms with van der Waals surface area (Å²) < 4.78 is 34.3. The van der Waals surface area contributed by atoms with E-state index in [1.165, 1.54) is 116 Å². The summed E-state index contributed by atoms with van der Waals surface area (Å²) in [4.78, 5) is 38.1. The molecule has 0 aromatic heterocycles. The van der Waals surface area contributed by atoms with E-state index in [0.717, 1.165) is 122 Å². The van der Waals surface area contributed by atoms with Crippen LogP contribution in [-0.4, -0.2) is 70.0 Å². The second kappa shape index (κ2) is 65.3. The average molecular weight is 1210 g/mol. The van der Waals surface area contributed by atoms with Crippen molar-refractivity contribution in [2.24, 2.45) is 0 Å².